The first kappa shape index (κ1) is 17.6. The Balaban J connectivity index is 5.09. The maximum absolute atomic E-state index is 12.3. The summed E-state index contributed by atoms with van der Waals surface area (Å²) >= 11 is 0. The molecule has 110 valence electrons. The van der Waals surface area contributed by atoms with Gasteiger partial charge in [-0.2, -0.15) is 0 Å². The molecule has 1 amide bonds. The fourth-order valence-electron chi connectivity index (χ4n) is 1.58. The molecule has 0 saturated carbocycles. The third kappa shape index (κ3) is 5.40. The monoisotopic (exact) mass is 273 g/mol. The zero-order valence-corrected chi connectivity index (χ0v) is 12.2. The molecule has 6 heteroatoms. The minimum absolute atomic E-state index is 0.0528. The highest BCUT2D eigenvalue weighted by Crippen LogP contribution is 2.11. The molecular weight excluding hydrogens is 250 g/mol. The van der Waals surface area contributed by atoms with E-state index in [1.807, 2.05) is 6.92 Å². The molecule has 1 unspecified atom stereocenters. The first-order valence-electron chi connectivity index (χ1n) is 6.06. The van der Waals surface area contributed by atoms with Crippen molar-refractivity contribution in [1.29, 1.82) is 0 Å². The van der Waals surface area contributed by atoms with E-state index in [1.165, 1.54) is 13.8 Å². The van der Waals surface area contributed by atoms with Crippen molar-refractivity contribution in [2.75, 3.05) is 34.0 Å². The van der Waals surface area contributed by atoms with Crippen molar-refractivity contribution in [3.8, 4) is 0 Å². The van der Waals surface area contributed by atoms with E-state index in [9.17, 15) is 9.59 Å². The summed E-state index contributed by atoms with van der Waals surface area (Å²) in [5, 5.41) is 8.92. The molecule has 0 aromatic heterocycles. The lowest BCUT2D eigenvalue weighted by atomic mass is 10.1. The van der Waals surface area contributed by atoms with E-state index >= 15 is 0 Å². The molecule has 0 fully saturated rings. The van der Waals surface area contributed by atoms with Gasteiger partial charge in [0, 0.05) is 31.9 Å². The van der Waals surface area contributed by atoms with E-state index < -0.39 is 5.97 Å². The fourth-order valence-corrected chi connectivity index (χ4v) is 1.58. The first-order chi connectivity index (χ1) is 8.86. The van der Waals surface area contributed by atoms with Crippen LogP contribution in [0.4, 0.5) is 0 Å². The van der Waals surface area contributed by atoms with E-state index in [2.05, 4.69) is 0 Å². The molecule has 0 rings (SSSR count). The summed E-state index contributed by atoms with van der Waals surface area (Å²) in [7, 11) is 3.11. The van der Waals surface area contributed by atoms with Gasteiger partial charge in [0.2, 0.25) is 5.91 Å². The molecule has 1 atom stereocenters. The lowest BCUT2D eigenvalue weighted by Gasteiger charge is -2.29. The SMILES string of the molecule is COCCN(C(=O)C(C)=C(C)C(=O)O)C(C)COC. The molecule has 0 aromatic carbocycles. The minimum atomic E-state index is -1.09. The molecular formula is C13H23NO5. The van der Waals surface area contributed by atoms with Crippen molar-refractivity contribution in [3.05, 3.63) is 11.1 Å². The van der Waals surface area contributed by atoms with Crippen molar-refractivity contribution >= 4 is 11.9 Å². The number of carboxylic acid groups (broad SMARTS) is 1. The van der Waals surface area contributed by atoms with Gasteiger partial charge in [0.15, 0.2) is 0 Å². The summed E-state index contributed by atoms with van der Waals surface area (Å²) in [6.07, 6.45) is 0. The van der Waals surface area contributed by atoms with E-state index in [4.69, 9.17) is 14.6 Å². The van der Waals surface area contributed by atoms with Gasteiger partial charge in [0.1, 0.15) is 0 Å². The zero-order valence-electron chi connectivity index (χ0n) is 12.2. The van der Waals surface area contributed by atoms with Gasteiger partial charge in [-0.3, -0.25) is 4.79 Å². The van der Waals surface area contributed by atoms with Crippen molar-refractivity contribution in [1.82, 2.24) is 4.90 Å². The third-order valence-corrected chi connectivity index (χ3v) is 2.94. The Morgan fingerprint density at radius 3 is 2.16 bits per heavy atom. The maximum atomic E-state index is 12.3. The number of carbonyl (C=O) groups excluding carboxylic acids is 1. The highest BCUT2D eigenvalue weighted by Gasteiger charge is 2.23. The van der Waals surface area contributed by atoms with Gasteiger partial charge in [-0.15, -0.1) is 0 Å². The van der Waals surface area contributed by atoms with E-state index in [0.717, 1.165) is 0 Å². The molecule has 0 saturated heterocycles. The lowest BCUT2D eigenvalue weighted by Crippen LogP contribution is -2.43. The van der Waals surface area contributed by atoms with Gasteiger partial charge in [-0.25, -0.2) is 4.79 Å². The quantitative estimate of drug-likeness (QED) is 0.665. The number of hydrogen-bond acceptors (Lipinski definition) is 4. The highest BCUT2D eigenvalue weighted by atomic mass is 16.5. The summed E-state index contributed by atoms with van der Waals surface area (Å²) < 4.78 is 10.0. The second-order valence-corrected chi connectivity index (χ2v) is 4.35. The molecule has 0 radical (unpaired) electrons. The molecule has 0 heterocycles. The van der Waals surface area contributed by atoms with E-state index in [0.29, 0.717) is 19.8 Å². The summed E-state index contributed by atoms with van der Waals surface area (Å²) in [6, 6.07) is -0.149. The fraction of sp³-hybridized carbons (Fsp3) is 0.692. The molecule has 0 bridgehead atoms. The van der Waals surface area contributed by atoms with Gasteiger partial charge in [-0.05, 0) is 20.8 Å². The second kappa shape index (κ2) is 8.66. The smallest absolute Gasteiger partial charge is 0.331 e. The number of carbonyl (C=O) groups is 2. The van der Waals surface area contributed by atoms with E-state index in [-0.39, 0.29) is 23.1 Å². The molecule has 0 aliphatic carbocycles. The molecule has 0 aliphatic heterocycles. The van der Waals surface area contributed by atoms with Crippen LogP contribution in [0.25, 0.3) is 0 Å². The van der Waals surface area contributed by atoms with Crippen molar-refractivity contribution < 1.29 is 24.2 Å². The van der Waals surface area contributed by atoms with Crippen molar-refractivity contribution in [2.24, 2.45) is 0 Å². The molecule has 6 nitrogen and oxygen atoms in total. The molecule has 0 aliphatic rings. The molecule has 1 N–H and O–H groups in total. The topological polar surface area (TPSA) is 76.1 Å². The predicted molar refractivity (Wildman–Crippen MR) is 70.9 cm³/mol. The van der Waals surface area contributed by atoms with Gasteiger partial charge >= 0.3 is 5.97 Å². The van der Waals surface area contributed by atoms with Crippen molar-refractivity contribution in [2.45, 2.75) is 26.8 Å². The Kier molecular flexibility index (Phi) is 8.02. The number of rotatable bonds is 8. The molecule has 0 aromatic rings. The van der Waals surface area contributed by atoms with Crippen LogP contribution in [0.15, 0.2) is 11.1 Å². The van der Waals surface area contributed by atoms with Crippen LogP contribution in [0.5, 0.6) is 0 Å². The second-order valence-electron chi connectivity index (χ2n) is 4.35. The first-order valence-corrected chi connectivity index (χ1v) is 6.06. The largest absolute Gasteiger partial charge is 0.478 e. The lowest BCUT2D eigenvalue weighted by molar-refractivity contribution is -0.134. The Bertz CT molecular complexity index is 351. The van der Waals surface area contributed by atoms with Crippen LogP contribution in [-0.4, -0.2) is 61.9 Å². The Morgan fingerprint density at radius 1 is 1.16 bits per heavy atom. The van der Waals surface area contributed by atoms with Gasteiger partial charge < -0.3 is 19.5 Å². The van der Waals surface area contributed by atoms with Gasteiger partial charge in [0.25, 0.3) is 0 Å². The number of amides is 1. The summed E-state index contributed by atoms with van der Waals surface area (Å²) in [5.74, 6) is -1.39. The minimum Gasteiger partial charge on any atom is -0.478 e. The number of nitrogens with zero attached hydrogens (tertiary/aromatic N) is 1. The standard InChI is InChI=1S/C13H23NO5/c1-9(8-19-5)14(6-7-18-4)12(15)10(2)11(3)13(16)17/h9H,6-8H2,1-5H3,(H,16,17). The zero-order chi connectivity index (χ0) is 15.0. The average molecular weight is 273 g/mol. The number of hydrogen-bond donors (Lipinski definition) is 1. The molecule has 0 spiro atoms. The summed E-state index contributed by atoms with van der Waals surface area (Å²) in [6.45, 7) is 5.95. The normalized spacial score (nSPS) is 13.7. The highest BCUT2D eigenvalue weighted by molar-refractivity contribution is 6.01. The van der Waals surface area contributed by atoms with Crippen LogP contribution in [0, 0.1) is 0 Å². The van der Waals surface area contributed by atoms with Crippen LogP contribution < -0.4 is 0 Å². The van der Waals surface area contributed by atoms with Crippen LogP contribution in [0.3, 0.4) is 0 Å². The maximum Gasteiger partial charge on any atom is 0.331 e. The Labute approximate surface area is 114 Å². The third-order valence-electron chi connectivity index (χ3n) is 2.94. The number of aliphatic carboxylic acids is 1. The van der Waals surface area contributed by atoms with Crippen LogP contribution >= 0.6 is 0 Å². The Hall–Kier alpha value is -1.40. The van der Waals surface area contributed by atoms with Crippen LogP contribution in [0.2, 0.25) is 0 Å². The van der Waals surface area contributed by atoms with Crippen LogP contribution in [-0.2, 0) is 19.1 Å². The predicted octanol–water partition coefficient (Wildman–Crippen LogP) is 0.917. The Morgan fingerprint density at radius 2 is 1.74 bits per heavy atom. The number of ether oxygens (including phenoxy) is 2. The van der Waals surface area contributed by atoms with E-state index in [1.54, 1.807) is 19.1 Å². The average Bonchev–Trinajstić information content (AvgIpc) is 2.37. The number of methoxy groups -OCH3 is 2. The molecule has 19 heavy (non-hydrogen) atoms. The summed E-state index contributed by atoms with van der Waals surface area (Å²) in [5.41, 5.74) is 0.281. The van der Waals surface area contributed by atoms with Gasteiger partial charge in [-0.1, -0.05) is 0 Å². The van der Waals surface area contributed by atoms with Gasteiger partial charge in [0.05, 0.1) is 19.3 Å². The summed E-state index contributed by atoms with van der Waals surface area (Å²) in [4.78, 5) is 24.8. The van der Waals surface area contributed by atoms with Crippen molar-refractivity contribution in [3.63, 3.8) is 0 Å². The number of carboxylic acids is 1. The van der Waals surface area contributed by atoms with Crippen LogP contribution in [0.1, 0.15) is 20.8 Å².